The van der Waals surface area contributed by atoms with Crippen molar-refractivity contribution in [2.24, 2.45) is 5.84 Å². The summed E-state index contributed by atoms with van der Waals surface area (Å²) in [6.45, 7) is 4.85. The molecule has 6 heteroatoms. The third kappa shape index (κ3) is 2.83. The average Bonchev–Trinajstić information content (AvgIpc) is 2.78. The van der Waals surface area contributed by atoms with Gasteiger partial charge in [0.1, 0.15) is 0 Å². The van der Waals surface area contributed by atoms with Crippen molar-refractivity contribution in [1.82, 2.24) is 15.2 Å². The van der Waals surface area contributed by atoms with E-state index >= 15 is 0 Å². The van der Waals surface area contributed by atoms with Gasteiger partial charge in [0, 0.05) is 11.6 Å². The summed E-state index contributed by atoms with van der Waals surface area (Å²) in [6, 6.07) is 5.52. The van der Waals surface area contributed by atoms with E-state index in [9.17, 15) is 0 Å². The molecule has 1 unspecified atom stereocenters. The molecule has 0 saturated heterocycles. The minimum Gasteiger partial charge on any atom is -0.271 e. The largest absolute Gasteiger partial charge is 0.271 e. The lowest BCUT2D eigenvalue weighted by atomic mass is 9.99. The zero-order valence-corrected chi connectivity index (χ0v) is 13.0. The maximum absolute atomic E-state index is 6.28. The van der Waals surface area contributed by atoms with Crippen molar-refractivity contribution in [3.05, 3.63) is 51.3 Å². The van der Waals surface area contributed by atoms with Crippen molar-refractivity contribution in [2.75, 3.05) is 0 Å². The number of hydrazine groups is 1. The highest BCUT2D eigenvalue weighted by Crippen LogP contribution is 2.32. The molecule has 1 heterocycles. The number of benzene rings is 1. The number of aromatic nitrogens is 2. The average molecular weight is 313 g/mol. The Kier molecular flexibility index (Phi) is 5.05. The van der Waals surface area contributed by atoms with Gasteiger partial charge in [-0.15, -0.1) is 0 Å². The lowest BCUT2D eigenvalue weighted by Gasteiger charge is -2.21. The van der Waals surface area contributed by atoms with Crippen LogP contribution < -0.4 is 11.3 Å². The lowest BCUT2D eigenvalue weighted by molar-refractivity contribution is 0.520. The van der Waals surface area contributed by atoms with Crippen LogP contribution in [0.3, 0.4) is 0 Å². The number of aryl methyl sites for hydroxylation is 1. The SMILES string of the molecule is CCCn1ncc(Cl)c1C(NN)c1cccc(Cl)c1C. The summed E-state index contributed by atoms with van der Waals surface area (Å²) in [5.41, 5.74) is 5.67. The molecular weight excluding hydrogens is 295 g/mol. The highest BCUT2D eigenvalue weighted by molar-refractivity contribution is 6.31. The normalized spacial score (nSPS) is 12.7. The summed E-state index contributed by atoms with van der Waals surface area (Å²) in [4.78, 5) is 0. The topological polar surface area (TPSA) is 55.9 Å². The maximum atomic E-state index is 6.28. The molecule has 20 heavy (non-hydrogen) atoms. The maximum Gasteiger partial charge on any atom is 0.0896 e. The Morgan fingerprint density at radius 1 is 1.35 bits per heavy atom. The van der Waals surface area contributed by atoms with Crippen LogP contribution in [0.15, 0.2) is 24.4 Å². The minimum atomic E-state index is -0.241. The molecule has 108 valence electrons. The van der Waals surface area contributed by atoms with E-state index in [-0.39, 0.29) is 6.04 Å². The van der Waals surface area contributed by atoms with Crippen LogP contribution >= 0.6 is 23.2 Å². The van der Waals surface area contributed by atoms with Gasteiger partial charge in [-0.25, -0.2) is 5.43 Å². The van der Waals surface area contributed by atoms with Crippen LogP contribution in [-0.4, -0.2) is 9.78 Å². The highest BCUT2D eigenvalue weighted by Gasteiger charge is 2.23. The Labute approximate surface area is 128 Å². The summed E-state index contributed by atoms with van der Waals surface area (Å²) in [5.74, 6) is 5.76. The molecule has 3 N–H and O–H groups in total. The van der Waals surface area contributed by atoms with Crippen molar-refractivity contribution in [3.8, 4) is 0 Å². The van der Waals surface area contributed by atoms with Gasteiger partial charge < -0.3 is 0 Å². The molecule has 0 aliphatic heterocycles. The van der Waals surface area contributed by atoms with E-state index in [0.717, 1.165) is 29.8 Å². The zero-order chi connectivity index (χ0) is 14.7. The minimum absolute atomic E-state index is 0.241. The fourth-order valence-electron chi connectivity index (χ4n) is 2.30. The number of rotatable bonds is 5. The highest BCUT2D eigenvalue weighted by atomic mass is 35.5. The van der Waals surface area contributed by atoms with Gasteiger partial charge in [-0.1, -0.05) is 42.3 Å². The standard InChI is InChI=1S/C14H18Cl2N4/c1-3-7-20-14(12(16)8-18-20)13(19-17)10-5-4-6-11(15)9(10)2/h4-6,8,13,19H,3,7,17H2,1-2H3. The molecule has 1 atom stereocenters. The van der Waals surface area contributed by atoms with Crippen LogP contribution in [0, 0.1) is 6.92 Å². The van der Waals surface area contributed by atoms with Crippen molar-refractivity contribution in [1.29, 1.82) is 0 Å². The molecule has 1 aromatic carbocycles. The molecule has 0 spiro atoms. The molecule has 0 radical (unpaired) electrons. The molecule has 2 rings (SSSR count). The zero-order valence-electron chi connectivity index (χ0n) is 11.5. The Balaban J connectivity index is 2.52. The summed E-state index contributed by atoms with van der Waals surface area (Å²) in [7, 11) is 0. The number of nitrogens with one attached hydrogen (secondary N) is 1. The molecule has 0 fully saturated rings. The first-order chi connectivity index (χ1) is 9.60. The van der Waals surface area contributed by atoms with Crippen LogP contribution in [0.1, 0.15) is 36.2 Å². The first kappa shape index (κ1) is 15.3. The van der Waals surface area contributed by atoms with Gasteiger partial charge in [0.15, 0.2) is 0 Å². The van der Waals surface area contributed by atoms with Crippen LogP contribution in [0.25, 0.3) is 0 Å². The van der Waals surface area contributed by atoms with Crippen molar-refractivity contribution < 1.29 is 0 Å². The number of nitrogens with two attached hydrogens (primary N) is 1. The number of hydrogen-bond acceptors (Lipinski definition) is 3. The van der Waals surface area contributed by atoms with Gasteiger partial charge in [0.05, 0.1) is 23.0 Å². The second-order valence-electron chi connectivity index (χ2n) is 4.65. The molecular formula is C14H18Cl2N4. The Morgan fingerprint density at radius 2 is 2.10 bits per heavy atom. The third-order valence-corrected chi connectivity index (χ3v) is 4.03. The molecule has 0 bridgehead atoms. The molecule has 0 amide bonds. The first-order valence-electron chi connectivity index (χ1n) is 6.52. The van der Waals surface area contributed by atoms with E-state index in [2.05, 4.69) is 17.4 Å². The van der Waals surface area contributed by atoms with Crippen LogP contribution in [0.5, 0.6) is 0 Å². The van der Waals surface area contributed by atoms with Gasteiger partial charge in [0.2, 0.25) is 0 Å². The van der Waals surface area contributed by atoms with Crippen molar-refractivity contribution in [3.63, 3.8) is 0 Å². The molecule has 2 aromatic rings. The van der Waals surface area contributed by atoms with E-state index < -0.39 is 0 Å². The summed E-state index contributed by atoms with van der Waals surface area (Å²) < 4.78 is 1.88. The van der Waals surface area contributed by atoms with Crippen molar-refractivity contribution in [2.45, 2.75) is 32.9 Å². The van der Waals surface area contributed by atoms with Crippen LogP contribution in [0.4, 0.5) is 0 Å². The van der Waals surface area contributed by atoms with Gasteiger partial charge in [-0.2, -0.15) is 5.10 Å². The number of nitrogens with zero attached hydrogens (tertiary/aromatic N) is 2. The molecule has 0 aliphatic carbocycles. The molecule has 0 aliphatic rings. The van der Waals surface area contributed by atoms with Gasteiger partial charge in [-0.05, 0) is 30.5 Å². The van der Waals surface area contributed by atoms with Crippen LogP contribution in [-0.2, 0) is 6.54 Å². The summed E-state index contributed by atoms with van der Waals surface area (Å²) >= 11 is 12.5. The second kappa shape index (κ2) is 6.59. The van der Waals surface area contributed by atoms with Crippen LogP contribution in [0.2, 0.25) is 10.0 Å². The molecule has 4 nitrogen and oxygen atoms in total. The Bertz CT molecular complexity index is 595. The Morgan fingerprint density at radius 3 is 2.75 bits per heavy atom. The van der Waals surface area contributed by atoms with E-state index in [1.165, 1.54) is 0 Å². The lowest BCUT2D eigenvalue weighted by Crippen LogP contribution is -2.31. The fourth-order valence-corrected chi connectivity index (χ4v) is 2.73. The van der Waals surface area contributed by atoms with E-state index in [4.69, 9.17) is 29.0 Å². The monoisotopic (exact) mass is 312 g/mol. The third-order valence-electron chi connectivity index (χ3n) is 3.33. The van der Waals surface area contributed by atoms with Gasteiger partial charge in [0.25, 0.3) is 0 Å². The summed E-state index contributed by atoms with van der Waals surface area (Å²) in [5, 5.41) is 5.61. The smallest absolute Gasteiger partial charge is 0.0896 e. The number of hydrogen-bond donors (Lipinski definition) is 2. The molecule has 0 saturated carbocycles. The fraction of sp³-hybridized carbons (Fsp3) is 0.357. The second-order valence-corrected chi connectivity index (χ2v) is 5.47. The number of halogens is 2. The quantitative estimate of drug-likeness (QED) is 0.656. The van der Waals surface area contributed by atoms with Crippen molar-refractivity contribution >= 4 is 23.2 Å². The summed E-state index contributed by atoms with van der Waals surface area (Å²) in [6.07, 6.45) is 2.62. The van der Waals surface area contributed by atoms with Gasteiger partial charge >= 0.3 is 0 Å². The first-order valence-corrected chi connectivity index (χ1v) is 7.28. The van der Waals surface area contributed by atoms with E-state index in [1.54, 1.807) is 6.20 Å². The predicted octanol–water partition coefficient (Wildman–Crippen LogP) is 3.46. The van der Waals surface area contributed by atoms with E-state index in [1.807, 2.05) is 29.8 Å². The molecule has 1 aromatic heterocycles. The van der Waals surface area contributed by atoms with Gasteiger partial charge in [-0.3, -0.25) is 10.5 Å². The predicted molar refractivity (Wildman–Crippen MR) is 82.9 cm³/mol. The van der Waals surface area contributed by atoms with E-state index in [0.29, 0.717) is 10.0 Å². The Hall–Kier alpha value is -1.07.